The molecule has 172 valence electrons. The lowest BCUT2D eigenvalue weighted by atomic mass is 10.2. The van der Waals surface area contributed by atoms with Gasteiger partial charge in [-0.05, 0) is 55.5 Å². The highest BCUT2D eigenvalue weighted by molar-refractivity contribution is 5.92. The zero-order valence-electron chi connectivity index (χ0n) is 19.9. The molecule has 5 aromatic rings. The van der Waals surface area contributed by atoms with E-state index in [-0.39, 0.29) is 0 Å². The van der Waals surface area contributed by atoms with Crippen LogP contribution in [0, 0.1) is 6.92 Å². The van der Waals surface area contributed by atoms with Crippen molar-refractivity contribution in [2.45, 2.75) is 6.92 Å². The van der Waals surface area contributed by atoms with E-state index in [0.717, 1.165) is 45.2 Å². The van der Waals surface area contributed by atoms with E-state index < -0.39 is 0 Å². The number of aromatic nitrogens is 5. The second-order valence-corrected chi connectivity index (χ2v) is 8.38. The number of nitrogens with zero attached hydrogens (tertiary/aromatic N) is 6. The zero-order valence-corrected chi connectivity index (χ0v) is 19.9. The van der Waals surface area contributed by atoms with Crippen molar-refractivity contribution in [3.8, 4) is 23.0 Å². The summed E-state index contributed by atoms with van der Waals surface area (Å²) in [6, 6.07) is 18.4. The molecule has 0 atom stereocenters. The number of anilines is 3. The molecule has 3 aromatic heterocycles. The fraction of sp³-hybridized carbons (Fsp3) is 0.192. The molecule has 3 heterocycles. The van der Waals surface area contributed by atoms with Crippen LogP contribution in [0.3, 0.4) is 0 Å². The molecule has 34 heavy (non-hydrogen) atoms. The number of pyridine rings is 1. The van der Waals surface area contributed by atoms with E-state index in [2.05, 4.69) is 55.1 Å². The van der Waals surface area contributed by atoms with Crippen molar-refractivity contribution in [1.29, 1.82) is 0 Å². The van der Waals surface area contributed by atoms with Gasteiger partial charge in [0.1, 0.15) is 22.8 Å². The summed E-state index contributed by atoms with van der Waals surface area (Å²) in [7, 11) is 7.73. The van der Waals surface area contributed by atoms with E-state index in [9.17, 15) is 0 Å². The Bertz CT molecular complexity index is 1460. The summed E-state index contributed by atoms with van der Waals surface area (Å²) < 4.78 is 9.58. The molecule has 0 unspecified atom stereocenters. The topological polar surface area (TPSA) is 73.0 Å². The van der Waals surface area contributed by atoms with E-state index in [1.54, 1.807) is 13.4 Å². The first-order valence-electron chi connectivity index (χ1n) is 11.0. The second kappa shape index (κ2) is 8.55. The maximum absolute atomic E-state index is 5.56. The molecule has 0 fully saturated rings. The number of imidazole rings is 2. The maximum atomic E-state index is 5.56. The van der Waals surface area contributed by atoms with Gasteiger partial charge in [-0.15, -0.1) is 0 Å². The summed E-state index contributed by atoms with van der Waals surface area (Å²) in [5.41, 5.74) is 6.77. The van der Waals surface area contributed by atoms with Crippen molar-refractivity contribution in [2.24, 2.45) is 7.05 Å². The Morgan fingerprint density at radius 3 is 2.44 bits per heavy atom. The summed E-state index contributed by atoms with van der Waals surface area (Å²) >= 11 is 0. The number of ether oxygens (including phenoxy) is 1. The van der Waals surface area contributed by atoms with E-state index >= 15 is 0 Å². The lowest BCUT2D eigenvalue weighted by Gasteiger charge is -2.12. The van der Waals surface area contributed by atoms with Gasteiger partial charge in [0.2, 0.25) is 5.88 Å². The highest BCUT2D eigenvalue weighted by atomic mass is 16.5. The van der Waals surface area contributed by atoms with Crippen molar-refractivity contribution in [2.75, 3.05) is 31.4 Å². The minimum atomic E-state index is 0.511. The summed E-state index contributed by atoms with van der Waals surface area (Å²) in [5, 5.41) is 3.42. The van der Waals surface area contributed by atoms with Crippen LogP contribution in [-0.2, 0) is 7.05 Å². The standard InChI is InChI=1S/C26H27N7O/c1-17-15-33(16-27-17)22-13-14-23(29-26(22)34-5)28-20-7-6-8-21-24(20)30-25(32(21)4)18-9-11-19(12-10-18)31(2)3/h6-16H,1-5H3,(H,28,29). The summed E-state index contributed by atoms with van der Waals surface area (Å²) in [6.45, 7) is 1.95. The fourth-order valence-electron chi connectivity index (χ4n) is 4.02. The fourth-order valence-corrected chi connectivity index (χ4v) is 4.02. The van der Waals surface area contributed by atoms with Crippen LogP contribution in [0.5, 0.6) is 5.88 Å². The Morgan fingerprint density at radius 2 is 1.76 bits per heavy atom. The van der Waals surface area contributed by atoms with Crippen LogP contribution in [0.2, 0.25) is 0 Å². The number of benzene rings is 2. The molecular weight excluding hydrogens is 426 g/mol. The number of fused-ring (bicyclic) bond motifs is 1. The molecule has 0 saturated heterocycles. The first-order chi connectivity index (χ1) is 16.4. The minimum absolute atomic E-state index is 0.511. The van der Waals surface area contributed by atoms with E-state index in [0.29, 0.717) is 11.7 Å². The molecule has 0 amide bonds. The average Bonchev–Trinajstić information content (AvgIpc) is 3.43. The third kappa shape index (κ3) is 3.83. The highest BCUT2D eigenvalue weighted by Crippen LogP contribution is 2.31. The Morgan fingerprint density at radius 1 is 0.971 bits per heavy atom. The average molecular weight is 454 g/mol. The Labute approximate surface area is 198 Å². The van der Waals surface area contributed by atoms with Crippen molar-refractivity contribution >= 4 is 28.2 Å². The predicted octanol–water partition coefficient (Wildman–Crippen LogP) is 4.95. The first kappa shape index (κ1) is 21.5. The van der Waals surface area contributed by atoms with E-state index in [4.69, 9.17) is 9.72 Å². The van der Waals surface area contributed by atoms with Gasteiger partial charge in [-0.2, -0.15) is 4.98 Å². The number of hydrogen-bond acceptors (Lipinski definition) is 6. The molecule has 1 N–H and O–H groups in total. The largest absolute Gasteiger partial charge is 0.479 e. The molecule has 0 spiro atoms. The normalized spacial score (nSPS) is 11.1. The minimum Gasteiger partial charge on any atom is -0.479 e. The summed E-state index contributed by atoms with van der Waals surface area (Å²) in [5.74, 6) is 2.09. The summed E-state index contributed by atoms with van der Waals surface area (Å²) in [4.78, 5) is 16.0. The van der Waals surface area contributed by atoms with Gasteiger partial charge in [0, 0.05) is 38.6 Å². The van der Waals surface area contributed by atoms with Crippen LogP contribution < -0.4 is 15.0 Å². The lowest BCUT2D eigenvalue weighted by molar-refractivity contribution is 0.396. The summed E-state index contributed by atoms with van der Waals surface area (Å²) in [6.07, 6.45) is 3.69. The molecular formula is C26H27N7O. The number of hydrogen-bond donors (Lipinski definition) is 1. The molecule has 0 aliphatic carbocycles. The lowest BCUT2D eigenvalue weighted by Crippen LogP contribution is -2.08. The van der Waals surface area contributed by atoms with Crippen LogP contribution in [0.15, 0.2) is 67.1 Å². The van der Waals surface area contributed by atoms with Crippen molar-refractivity contribution in [1.82, 2.24) is 24.1 Å². The van der Waals surface area contributed by atoms with E-state index in [1.807, 2.05) is 63.1 Å². The van der Waals surface area contributed by atoms with Crippen LogP contribution >= 0.6 is 0 Å². The molecule has 0 aliphatic rings. The number of methoxy groups -OCH3 is 1. The molecule has 0 bridgehead atoms. The second-order valence-electron chi connectivity index (χ2n) is 8.38. The van der Waals surface area contributed by atoms with Gasteiger partial charge in [0.05, 0.1) is 30.3 Å². The van der Waals surface area contributed by atoms with Crippen LogP contribution in [0.25, 0.3) is 28.1 Å². The molecule has 0 radical (unpaired) electrons. The van der Waals surface area contributed by atoms with Crippen LogP contribution in [0.4, 0.5) is 17.2 Å². The number of nitrogens with one attached hydrogen (secondary N) is 1. The quantitative estimate of drug-likeness (QED) is 0.392. The van der Waals surface area contributed by atoms with Crippen LogP contribution in [-0.4, -0.2) is 45.3 Å². The first-order valence-corrected chi connectivity index (χ1v) is 11.0. The molecule has 2 aromatic carbocycles. The smallest absolute Gasteiger partial charge is 0.240 e. The van der Waals surface area contributed by atoms with Crippen molar-refractivity contribution < 1.29 is 4.74 Å². The molecule has 8 nitrogen and oxygen atoms in total. The van der Waals surface area contributed by atoms with Gasteiger partial charge in [-0.1, -0.05) is 6.07 Å². The van der Waals surface area contributed by atoms with E-state index in [1.165, 1.54) is 0 Å². The molecule has 8 heteroatoms. The van der Waals surface area contributed by atoms with Crippen molar-refractivity contribution in [3.63, 3.8) is 0 Å². The van der Waals surface area contributed by atoms with Gasteiger partial charge in [0.15, 0.2) is 0 Å². The van der Waals surface area contributed by atoms with Gasteiger partial charge in [-0.3, -0.25) is 0 Å². The maximum Gasteiger partial charge on any atom is 0.240 e. The Hall–Kier alpha value is -4.33. The monoisotopic (exact) mass is 453 g/mol. The zero-order chi connectivity index (χ0) is 23.8. The molecule has 0 saturated carbocycles. The van der Waals surface area contributed by atoms with Gasteiger partial charge < -0.3 is 24.1 Å². The van der Waals surface area contributed by atoms with Gasteiger partial charge in [-0.25, -0.2) is 9.97 Å². The SMILES string of the molecule is COc1nc(Nc2cccc3c2nc(-c2ccc(N(C)C)cc2)n3C)ccc1-n1cnc(C)c1. The highest BCUT2D eigenvalue weighted by Gasteiger charge is 2.15. The third-order valence-electron chi connectivity index (χ3n) is 5.84. The van der Waals surface area contributed by atoms with Gasteiger partial charge >= 0.3 is 0 Å². The molecule has 5 rings (SSSR count). The number of para-hydroxylation sites is 1. The van der Waals surface area contributed by atoms with Crippen LogP contribution in [0.1, 0.15) is 5.69 Å². The van der Waals surface area contributed by atoms with Crippen molar-refractivity contribution in [3.05, 3.63) is 72.8 Å². The predicted molar refractivity (Wildman–Crippen MR) is 136 cm³/mol. The third-order valence-corrected chi connectivity index (χ3v) is 5.84. The number of rotatable bonds is 6. The van der Waals surface area contributed by atoms with Gasteiger partial charge in [0.25, 0.3) is 0 Å². The molecule has 0 aliphatic heterocycles. The Kier molecular flexibility index (Phi) is 5.41. The Balaban J connectivity index is 1.50. The number of aryl methyl sites for hydroxylation is 2.